The van der Waals surface area contributed by atoms with E-state index < -0.39 is 0 Å². The van der Waals surface area contributed by atoms with E-state index in [0.29, 0.717) is 6.04 Å². The first kappa shape index (κ1) is 12.3. The van der Waals surface area contributed by atoms with Gasteiger partial charge in [-0.1, -0.05) is 6.07 Å². The summed E-state index contributed by atoms with van der Waals surface area (Å²) in [5, 5.41) is 13.8. The van der Waals surface area contributed by atoms with Crippen molar-refractivity contribution in [2.75, 3.05) is 0 Å². The van der Waals surface area contributed by atoms with Crippen LogP contribution in [0.25, 0.3) is 0 Å². The van der Waals surface area contributed by atoms with Gasteiger partial charge in [-0.05, 0) is 31.7 Å². The van der Waals surface area contributed by atoms with Gasteiger partial charge in [0.15, 0.2) is 0 Å². The van der Waals surface area contributed by atoms with E-state index in [0.717, 1.165) is 24.6 Å². The maximum Gasteiger partial charge on any atom is 0.146 e. The van der Waals surface area contributed by atoms with Gasteiger partial charge in [-0.15, -0.1) is 21.5 Å². The molecule has 2 rings (SSSR count). The fourth-order valence-corrected chi connectivity index (χ4v) is 2.51. The lowest BCUT2D eigenvalue weighted by Crippen LogP contribution is -2.28. The molecule has 0 saturated carbocycles. The molecule has 2 aromatic heterocycles. The number of hydrogen-bond donors (Lipinski definition) is 1. The van der Waals surface area contributed by atoms with E-state index in [4.69, 9.17) is 0 Å². The molecule has 0 aliphatic rings. The zero-order valence-corrected chi connectivity index (χ0v) is 11.3. The summed E-state index contributed by atoms with van der Waals surface area (Å²) < 4.78 is 2.02. The number of nitrogens with zero attached hydrogens (tertiary/aromatic N) is 3. The molecule has 0 aromatic carbocycles. The van der Waals surface area contributed by atoms with Crippen molar-refractivity contribution in [1.29, 1.82) is 0 Å². The molecule has 0 fully saturated rings. The third-order valence-electron chi connectivity index (χ3n) is 2.88. The summed E-state index contributed by atoms with van der Waals surface area (Å²) in [4.78, 5) is 1.42. The van der Waals surface area contributed by atoms with Crippen LogP contribution in [0.5, 0.6) is 0 Å². The Morgan fingerprint density at radius 2 is 2.29 bits per heavy atom. The lowest BCUT2D eigenvalue weighted by molar-refractivity contribution is 0.527. The van der Waals surface area contributed by atoms with Crippen LogP contribution in [0.3, 0.4) is 0 Å². The monoisotopic (exact) mass is 250 g/mol. The van der Waals surface area contributed by atoms with E-state index >= 15 is 0 Å². The summed E-state index contributed by atoms with van der Waals surface area (Å²) in [6.07, 6.45) is 1.06. The van der Waals surface area contributed by atoms with Crippen LogP contribution in [0.2, 0.25) is 0 Å². The molecular weight excluding hydrogens is 232 g/mol. The Morgan fingerprint density at radius 1 is 1.47 bits per heavy atom. The predicted octanol–water partition coefficient (Wildman–Crippen LogP) is 1.91. The van der Waals surface area contributed by atoms with Gasteiger partial charge in [-0.3, -0.25) is 0 Å². The number of aryl methyl sites for hydroxylation is 1. The average Bonchev–Trinajstić information content (AvgIpc) is 2.90. The molecule has 0 saturated heterocycles. The van der Waals surface area contributed by atoms with E-state index in [9.17, 15) is 0 Å². The molecule has 0 amide bonds. The molecule has 5 heteroatoms. The number of rotatable bonds is 5. The second-order valence-corrected chi connectivity index (χ2v) is 5.32. The lowest BCUT2D eigenvalue weighted by Gasteiger charge is -2.12. The van der Waals surface area contributed by atoms with Crippen molar-refractivity contribution < 1.29 is 0 Å². The van der Waals surface area contributed by atoms with E-state index in [1.54, 1.807) is 0 Å². The first-order valence-electron chi connectivity index (χ1n) is 5.77. The standard InChI is InChI=1S/C12H18N4S/c1-9(7-11-5-4-6-17-11)13-8-12-15-14-10(2)16(12)3/h4-6,9,13H,7-8H2,1-3H3. The van der Waals surface area contributed by atoms with Crippen LogP contribution in [-0.4, -0.2) is 20.8 Å². The minimum atomic E-state index is 0.450. The summed E-state index contributed by atoms with van der Waals surface area (Å²) >= 11 is 1.81. The fraction of sp³-hybridized carbons (Fsp3) is 0.500. The van der Waals surface area contributed by atoms with Crippen molar-refractivity contribution in [1.82, 2.24) is 20.1 Å². The molecule has 1 atom stereocenters. The normalized spacial score (nSPS) is 12.9. The minimum absolute atomic E-state index is 0.450. The van der Waals surface area contributed by atoms with E-state index in [2.05, 4.69) is 40.0 Å². The van der Waals surface area contributed by atoms with Crippen molar-refractivity contribution >= 4 is 11.3 Å². The second-order valence-electron chi connectivity index (χ2n) is 4.29. The van der Waals surface area contributed by atoms with Crippen molar-refractivity contribution in [3.05, 3.63) is 34.0 Å². The fourth-order valence-electron chi connectivity index (χ4n) is 1.67. The van der Waals surface area contributed by atoms with Gasteiger partial charge in [0.1, 0.15) is 11.6 Å². The average molecular weight is 250 g/mol. The van der Waals surface area contributed by atoms with Gasteiger partial charge < -0.3 is 9.88 Å². The Labute approximate surface area is 106 Å². The number of aromatic nitrogens is 3. The Hall–Kier alpha value is -1.20. The number of thiophene rings is 1. The smallest absolute Gasteiger partial charge is 0.146 e. The van der Waals surface area contributed by atoms with Crippen LogP contribution < -0.4 is 5.32 Å². The highest BCUT2D eigenvalue weighted by atomic mass is 32.1. The Morgan fingerprint density at radius 3 is 2.88 bits per heavy atom. The van der Waals surface area contributed by atoms with Crippen molar-refractivity contribution in [2.45, 2.75) is 32.9 Å². The third-order valence-corrected chi connectivity index (χ3v) is 3.78. The van der Waals surface area contributed by atoms with Gasteiger partial charge in [-0.2, -0.15) is 0 Å². The van der Waals surface area contributed by atoms with E-state index in [-0.39, 0.29) is 0 Å². The van der Waals surface area contributed by atoms with Crippen LogP contribution in [0.15, 0.2) is 17.5 Å². The largest absolute Gasteiger partial charge is 0.317 e. The third kappa shape index (κ3) is 3.14. The van der Waals surface area contributed by atoms with Gasteiger partial charge >= 0.3 is 0 Å². The van der Waals surface area contributed by atoms with Crippen LogP contribution in [0, 0.1) is 6.92 Å². The zero-order valence-electron chi connectivity index (χ0n) is 10.5. The summed E-state index contributed by atoms with van der Waals surface area (Å²) in [6.45, 7) is 4.93. The van der Waals surface area contributed by atoms with Crippen molar-refractivity contribution in [2.24, 2.45) is 7.05 Å². The molecular formula is C12H18N4S. The second kappa shape index (κ2) is 5.42. The summed E-state index contributed by atoms with van der Waals surface area (Å²) in [6, 6.07) is 4.72. The SMILES string of the molecule is Cc1nnc(CNC(C)Cc2cccs2)n1C. The minimum Gasteiger partial charge on any atom is -0.317 e. The Kier molecular flexibility index (Phi) is 3.91. The Balaban J connectivity index is 1.84. The van der Waals surface area contributed by atoms with Crippen LogP contribution in [-0.2, 0) is 20.0 Å². The predicted molar refractivity (Wildman–Crippen MR) is 70.1 cm³/mol. The molecule has 92 valence electrons. The van der Waals surface area contributed by atoms with E-state index in [1.165, 1.54) is 4.88 Å². The van der Waals surface area contributed by atoms with Crippen LogP contribution in [0.4, 0.5) is 0 Å². The highest BCUT2D eigenvalue weighted by Gasteiger charge is 2.08. The molecule has 0 aliphatic carbocycles. The first-order chi connectivity index (χ1) is 8.16. The topological polar surface area (TPSA) is 42.7 Å². The maximum atomic E-state index is 4.14. The molecule has 1 unspecified atom stereocenters. The quantitative estimate of drug-likeness (QED) is 0.881. The van der Waals surface area contributed by atoms with E-state index in [1.807, 2.05) is 29.9 Å². The molecule has 17 heavy (non-hydrogen) atoms. The molecule has 0 bridgehead atoms. The van der Waals surface area contributed by atoms with Crippen molar-refractivity contribution in [3.8, 4) is 0 Å². The number of hydrogen-bond acceptors (Lipinski definition) is 4. The maximum absolute atomic E-state index is 4.14. The molecule has 0 spiro atoms. The zero-order chi connectivity index (χ0) is 12.3. The molecule has 0 aliphatic heterocycles. The van der Waals surface area contributed by atoms with Crippen LogP contribution >= 0.6 is 11.3 Å². The van der Waals surface area contributed by atoms with Gasteiger partial charge in [0.2, 0.25) is 0 Å². The molecule has 1 N–H and O–H groups in total. The molecule has 0 radical (unpaired) electrons. The van der Waals surface area contributed by atoms with Crippen LogP contribution in [0.1, 0.15) is 23.4 Å². The van der Waals surface area contributed by atoms with Gasteiger partial charge in [0, 0.05) is 18.0 Å². The molecule has 2 aromatic rings. The first-order valence-corrected chi connectivity index (χ1v) is 6.65. The summed E-state index contributed by atoms with van der Waals surface area (Å²) in [5.41, 5.74) is 0. The summed E-state index contributed by atoms with van der Waals surface area (Å²) in [7, 11) is 2.00. The van der Waals surface area contributed by atoms with Gasteiger partial charge in [0.25, 0.3) is 0 Å². The molecule has 2 heterocycles. The lowest BCUT2D eigenvalue weighted by atomic mass is 10.2. The summed E-state index contributed by atoms with van der Waals surface area (Å²) in [5.74, 6) is 1.94. The molecule has 4 nitrogen and oxygen atoms in total. The van der Waals surface area contributed by atoms with Crippen molar-refractivity contribution in [3.63, 3.8) is 0 Å². The number of nitrogens with one attached hydrogen (secondary N) is 1. The Bertz CT molecular complexity index is 461. The van der Waals surface area contributed by atoms with Gasteiger partial charge in [-0.25, -0.2) is 0 Å². The van der Waals surface area contributed by atoms with Gasteiger partial charge in [0.05, 0.1) is 6.54 Å². The highest BCUT2D eigenvalue weighted by Crippen LogP contribution is 2.11. The highest BCUT2D eigenvalue weighted by molar-refractivity contribution is 7.09.